The van der Waals surface area contributed by atoms with Gasteiger partial charge in [0.2, 0.25) is 0 Å². The lowest BCUT2D eigenvalue weighted by molar-refractivity contribution is -0.123. The summed E-state index contributed by atoms with van der Waals surface area (Å²) in [6, 6.07) is 12.5. The molecular weight excluding hydrogens is 360 g/mol. The molecule has 0 bridgehead atoms. The summed E-state index contributed by atoms with van der Waals surface area (Å²) >= 11 is 0. The average Bonchev–Trinajstić information content (AvgIpc) is 2.69. The summed E-state index contributed by atoms with van der Waals surface area (Å²) in [6.45, 7) is 6.93. The molecule has 7 heteroatoms. The fraction of sp³-hybridized carbons (Fsp3) is 0.333. The quantitative estimate of drug-likeness (QED) is 0.511. The molecule has 0 saturated heterocycles. The summed E-state index contributed by atoms with van der Waals surface area (Å²) in [5.41, 5.74) is 7.08. The summed E-state index contributed by atoms with van der Waals surface area (Å²) in [5, 5.41) is 0. The number of aryl methyl sites for hydroxylation is 2. The van der Waals surface area contributed by atoms with Crippen LogP contribution >= 0.6 is 0 Å². The van der Waals surface area contributed by atoms with Gasteiger partial charge in [0.05, 0.1) is 12.2 Å². The molecule has 0 radical (unpaired) electrons. The first-order valence-corrected chi connectivity index (χ1v) is 9.10. The van der Waals surface area contributed by atoms with Crippen LogP contribution in [0.25, 0.3) is 0 Å². The van der Waals surface area contributed by atoms with E-state index in [1.54, 1.807) is 24.3 Å². The molecule has 0 aliphatic heterocycles. The van der Waals surface area contributed by atoms with Crippen molar-refractivity contribution in [2.75, 3.05) is 26.4 Å². The molecule has 0 heterocycles. The van der Waals surface area contributed by atoms with E-state index >= 15 is 0 Å². The van der Waals surface area contributed by atoms with E-state index in [4.69, 9.17) is 14.2 Å². The summed E-state index contributed by atoms with van der Waals surface area (Å²) in [4.78, 5) is 24.3. The highest BCUT2D eigenvalue weighted by molar-refractivity contribution is 5.97. The van der Waals surface area contributed by atoms with Crippen LogP contribution in [0.2, 0.25) is 0 Å². The van der Waals surface area contributed by atoms with Crippen molar-refractivity contribution in [3.05, 3.63) is 59.2 Å². The minimum absolute atomic E-state index is 0.212. The number of hydrazine groups is 1. The zero-order valence-corrected chi connectivity index (χ0v) is 16.4. The number of nitrogens with one attached hydrogen (secondary N) is 2. The maximum atomic E-state index is 12.3. The highest BCUT2D eigenvalue weighted by atomic mass is 16.5. The van der Waals surface area contributed by atoms with E-state index < -0.39 is 11.8 Å². The second-order valence-corrected chi connectivity index (χ2v) is 6.10. The van der Waals surface area contributed by atoms with Crippen molar-refractivity contribution in [2.24, 2.45) is 0 Å². The molecule has 0 atom stereocenters. The van der Waals surface area contributed by atoms with E-state index in [2.05, 4.69) is 10.9 Å². The molecule has 150 valence electrons. The molecule has 2 N–H and O–H groups in total. The smallest absolute Gasteiger partial charge is 0.276 e. The Labute approximate surface area is 165 Å². The summed E-state index contributed by atoms with van der Waals surface area (Å²) in [7, 11) is 0. The number of hydrogen-bond acceptors (Lipinski definition) is 5. The molecule has 2 aromatic rings. The van der Waals surface area contributed by atoms with Crippen molar-refractivity contribution in [3.8, 4) is 11.5 Å². The summed E-state index contributed by atoms with van der Waals surface area (Å²) in [6.07, 6.45) is 0. The highest BCUT2D eigenvalue weighted by Crippen LogP contribution is 2.19. The maximum absolute atomic E-state index is 12.3. The number of benzene rings is 2. The number of hydrogen-bond donors (Lipinski definition) is 2. The van der Waals surface area contributed by atoms with Crippen molar-refractivity contribution >= 4 is 11.8 Å². The van der Waals surface area contributed by atoms with Crippen LogP contribution in [0.1, 0.15) is 28.4 Å². The first-order valence-electron chi connectivity index (χ1n) is 9.10. The largest absolute Gasteiger partial charge is 0.490 e. The van der Waals surface area contributed by atoms with Crippen LogP contribution in [0.4, 0.5) is 0 Å². The van der Waals surface area contributed by atoms with E-state index in [1.807, 2.05) is 39.0 Å². The second-order valence-electron chi connectivity index (χ2n) is 6.10. The Hall–Kier alpha value is -3.06. The standard InChI is InChI=1S/C21H26N2O5/c1-4-26-11-12-27-19-8-6-5-7-17(19)21(25)23-22-20(24)14-28-18-10-9-15(2)13-16(18)3/h5-10,13H,4,11-12,14H2,1-3H3,(H,22,24)(H,23,25). The van der Waals surface area contributed by atoms with Crippen LogP contribution in [-0.2, 0) is 9.53 Å². The van der Waals surface area contributed by atoms with Gasteiger partial charge < -0.3 is 14.2 Å². The van der Waals surface area contributed by atoms with Crippen molar-refractivity contribution in [1.29, 1.82) is 0 Å². The molecule has 0 saturated carbocycles. The number of carbonyl (C=O) groups is 2. The number of carbonyl (C=O) groups excluding carboxylic acids is 2. The third kappa shape index (κ3) is 6.59. The van der Waals surface area contributed by atoms with Gasteiger partial charge in [0.1, 0.15) is 18.1 Å². The molecular formula is C21H26N2O5. The van der Waals surface area contributed by atoms with E-state index in [1.165, 1.54) is 0 Å². The summed E-state index contributed by atoms with van der Waals surface area (Å²) in [5.74, 6) is 0.0931. The van der Waals surface area contributed by atoms with Crippen molar-refractivity contribution < 1.29 is 23.8 Å². The van der Waals surface area contributed by atoms with E-state index in [0.717, 1.165) is 11.1 Å². The van der Waals surface area contributed by atoms with Gasteiger partial charge in [-0.25, -0.2) is 0 Å². The number of rotatable bonds is 9. The monoisotopic (exact) mass is 386 g/mol. The van der Waals surface area contributed by atoms with Gasteiger partial charge in [-0.05, 0) is 44.5 Å². The lowest BCUT2D eigenvalue weighted by atomic mass is 10.1. The third-order valence-corrected chi connectivity index (χ3v) is 3.83. The average molecular weight is 386 g/mol. The minimum Gasteiger partial charge on any atom is -0.490 e. The molecule has 2 aromatic carbocycles. The van der Waals surface area contributed by atoms with Gasteiger partial charge in [-0.1, -0.05) is 29.8 Å². The molecule has 0 spiro atoms. The maximum Gasteiger partial charge on any atom is 0.276 e. The molecule has 7 nitrogen and oxygen atoms in total. The molecule has 0 fully saturated rings. The lowest BCUT2D eigenvalue weighted by Crippen LogP contribution is -2.44. The molecule has 28 heavy (non-hydrogen) atoms. The number of amides is 2. The van der Waals surface area contributed by atoms with Crippen LogP contribution in [-0.4, -0.2) is 38.2 Å². The Bertz CT molecular complexity index is 807. The molecule has 2 amide bonds. The fourth-order valence-electron chi connectivity index (χ4n) is 2.47. The van der Waals surface area contributed by atoms with Crippen LogP contribution < -0.4 is 20.3 Å². The van der Waals surface area contributed by atoms with Gasteiger partial charge >= 0.3 is 0 Å². The van der Waals surface area contributed by atoms with Crippen LogP contribution in [0.5, 0.6) is 11.5 Å². The first kappa shape index (κ1) is 21.2. The van der Waals surface area contributed by atoms with Gasteiger partial charge in [0.15, 0.2) is 6.61 Å². The van der Waals surface area contributed by atoms with E-state index in [9.17, 15) is 9.59 Å². The Kier molecular flexibility index (Phi) is 8.30. The second kappa shape index (κ2) is 10.9. The van der Waals surface area contributed by atoms with Gasteiger partial charge in [0.25, 0.3) is 11.8 Å². The van der Waals surface area contributed by atoms with Gasteiger partial charge in [-0.3, -0.25) is 20.4 Å². The SMILES string of the molecule is CCOCCOc1ccccc1C(=O)NNC(=O)COc1ccc(C)cc1C. The Morgan fingerprint density at radius 1 is 0.929 bits per heavy atom. The predicted octanol–water partition coefficient (Wildman–Crippen LogP) is 2.56. The Morgan fingerprint density at radius 3 is 2.46 bits per heavy atom. The topological polar surface area (TPSA) is 85.9 Å². The molecule has 0 aliphatic carbocycles. The third-order valence-electron chi connectivity index (χ3n) is 3.83. The van der Waals surface area contributed by atoms with Crippen molar-refractivity contribution in [3.63, 3.8) is 0 Å². The highest BCUT2D eigenvalue weighted by Gasteiger charge is 2.13. The van der Waals surface area contributed by atoms with Crippen LogP contribution in [0.3, 0.4) is 0 Å². The Morgan fingerprint density at radius 2 is 1.71 bits per heavy atom. The van der Waals surface area contributed by atoms with E-state index in [-0.39, 0.29) is 6.61 Å². The fourth-order valence-corrected chi connectivity index (χ4v) is 2.47. The molecule has 2 rings (SSSR count). The zero-order valence-electron chi connectivity index (χ0n) is 16.4. The normalized spacial score (nSPS) is 10.2. The number of para-hydroxylation sites is 1. The first-order chi connectivity index (χ1) is 13.5. The van der Waals surface area contributed by atoms with Crippen LogP contribution in [0.15, 0.2) is 42.5 Å². The van der Waals surface area contributed by atoms with Crippen molar-refractivity contribution in [1.82, 2.24) is 10.9 Å². The predicted molar refractivity (Wildman–Crippen MR) is 105 cm³/mol. The van der Waals surface area contributed by atoms with Gasteiger partial charge in [-0.15, -0.1) is 0 Å². The Balaban J connectivity index is 1.83. The molecule has 0 unspecified atom stereocenters. The lowest BCUT2D eigenvalue weighted by Gasteiger charge is -2.13. The zero-order chi connectivity index (χ0) is 20.4. The molecule has 0 aliphatic rings. The van der Waals surface area contributed by atoms with Crippen molar-refractivity contribution in [2.45, 2.75) is 20.8 Å². The summed E-state index contributed by atoms with van der Waals surface area (Å²) < 4.78 is 16.3. The van der Waals surface area contributed by atoms with Gasteiger partial charge in [0, 0.05) is 6.61 Å². The van der Waals surface area contributed by atoms with Gasteiger partial charge in [-0.2, -0.15) is 0 Å². The van der Waals surface area contributed by atoms with E-state index in [0.29, 0.717) is 36.9 Å². The minimum atomic E-state index is -0.480. The van der Waals surface area contributed by atoms with Crippen LogP contribution in [0, 0.1) is 13.8 Å². The number of ether oxygens (including phenoxy) is 3. The molecule has 0 aromatic heterocycles.